The van der Waals surface area contributed by atoms with Crippen LogP contribution in [0.15, 0.2) is 12.2 Å². The van der Waals surface area contributed by atoms with Gasteiger partial charge in [0.1, 0.15) is 0 Å². The van der Waals surface area contributed by atoms with Crippen molar-refractivity contribution in [1.29, 1.82) is 0 Å². The number of rotatable bonds is 0. The summed E-state index contributed by atoms with van der Waals surface area (Å²) in [6, 6.07) is 0. The molecule has 0 N–H and O–H groups in total. The van der Waals surface area contributed by atoms with Crippen LogP contribution in [-0.2, 0) is 4.74 Å². The quantitative estimate of drug-likeness (QED) is 0.397. The Labute approximate surface area is 37.6 Å². The second-order valence-electron chi connectivity index (χ2n) is 1.61. The summed E-state index contributed by atoms with van der Waals surface area (Å²) in [4.78, 5) is 0. The van der Waals surface area contributed by atoms with E-state index in [4.69, 9.17) is 4.74 Å². The van der Waals surface area contributed by atoms with Crippen molar-refractivity contribution in [3.63, 3.8) is 0 Å². The van der Waals surface area contributed by atoms with Crippen LogP contribution in [0.3, 0.4) is 0 Å². The van der Waals surface area contributed by atoms with Crippen LogP contribution in [0.2, 0.25) is 0 Å². The molecule has 1 atom stereocenters. The predicted molar refractivity (Wildman–Crippen MR) is 24.6 cm³/mol. The minimum atomic E-state index is 0.338. The second kappa shape index (κ2) is 1.09. The van der Waals surface area contributed by atoms with Crippen LogP contribution in [-0.4, -0.2) is 12.7 Å². The van der Waals surface area contributed by atoms with Gasteiger partial charge < -0.3 is 4.74 Å². The zero-order valence-electron chi connectivity index (χ0n) is 3.90. The van der Waals surface area contributed by atoms with Gasteiger partial charge in [-0.2, -0.15) is 0 Å². The van der Waals surface area contributed by atoms with Crippen LogP contribution in [0.1, 0.15) is 6.92 Å². The molecule has 0 amide bonds. The summed E-state index contributed by atoms with van der Waals surface area (Å²) in [6.07, 6.45) is 0.338. The molecule has 0 bridgehead atoms. The largest absolute Gasteiger partial charge is 0.370 e. The van der Waals surface area contributed by atoms with Gasteiger partial charge in [-0.05, 0) is 12.5 Å². The summed E-state index contributed by atoms with van der Waals surface area (Å²) in [5.74, 6) is 0. The first-order chi connectivity index (χ1) is 2.80. The molecular weight excluding hydrogens is 76.1 g/mol. The molecule has 1 aliphatic heterocycles. The number of hydrogen-bond acceptors (Lipinski definition) is 1. The Morgan fingerprint density at radius 1 is 2.00 bits per heavy atom. The van der Waals surface area contributed by atoms with Gasteiger partial charge in [-0.3, -0.25) is 0 Å². The Morgan fingerprint density at radius 2 is 2.50 bits per heavy atom. The zero-order chi connectivity index (χ0) is 4.57. The van der Waals surface area contributed by atoms with Gasteiger partial charge in [0.15, 0.2) is 0 Å². The minimum Gasteiger partial charge on any atom is -0.370 e. The highest BCUT2D eigenvalue weighted by Gasteiger charge is 2.15. The van der Waals surface area contributed by atoms with Crippen molar-refractivity contribution in [3.05, 3.63) is 12.2 Å². The first-order valence-electron chi connectivity index (χ1n) is 2.10. The van der Waals surface area contributed by atoms with Crippen molar-refractivity contribution in [2.24, 2.45) is 0 Å². The maximum atomic E-state index is 4.94. The highest BCUT2D eigenvalue weighted by atomic mass is 16.5. The highest BCUT2D eigenvalue weighted by molar-refractivity contribution is 5.07. The molecule has 0 spiro atoms. The normalized spacial score (nSPS) is 32.8. The van der Waals surface area contributed by atoms with Crippen LogP contribution in [0.25, 0.3) is 0 Å². The Morgan fingerprint density at radius 3 is 2.50 bits per heavy atom. The molecular formula is C5H8O. The lowest BCUT2D eigenvalue weighted by Gasteiger charge is -2.24. The summed E-state index contributed by atoms with van der Waals surface area (Å²) in [7, 11) is 0. The van der Waals surface area contributed by atoms with E-state index in [1.807, 2.05) is 6.92 Å². The summed E-state index contributed by atoms with van der Waals surface area (Å²) < 4.78 is 4.94. The molecule has 1 fully saturated rings. The van der Waals surface area contributed by atoms with Gasteiger partial charge in [-0.1, -0.05) is 6.58 Å². The van der Waals surface area contributed by atoms with Crippen molar-refractivity contribution in [1.82, 2.24) is 0 Å². The Bertz CT molecular complexity index is 76.0. The SMILES string of the molecule is C=C1COC1C. The molecule has 34 valence electrons. The van der Waals surface area contributed by atoms with Crippen LogP contribution in [0, 0.1) is 0 Å². The Kier molecular flexibility index (Phi) is 0.701. The van der Waals surface area contributed by atoms with Crippen molar-refractivity contribution < 1.29 is 4.74 Å². The third kappa shape index (κ3) is 0.356. The fourth-order valence-corrected chi connectivity index (χ4v) is 0.368. The van der Waals surface area contributed by atoms with E-state index in [0.29, 0.717) is 6.10 Å². The lowest BCUT2D eigenvalue weighted by Crippen LogP contribution is -2.26. The fraction of sp³-hybridized carbons (Fsp3) is 0.600. The molecule has 1 rings (SSSR count). The van der Waals surface area contributed by atoms with E-state index in [1.54, 1.807) is 0 Å². The third-order valence-electron chi connectivity index (χ3n) is 1.09. The standard InChI is InChI=1S/C5H8O/c1-4-3-6-5(4)2/h5H,1,3H2,2H3. The van der Waals surface area contributed by atoms with Gasteiger partial charge in [0, 0.05) is 0 Å². The maximum Gasteiger partial charge on any atom is 0.0780 e. The van der Waals surface area contributed by atoms with E-state index in [9.17, 15) is 0 Å². The monoisotopic (exact) mass is 84.1 g/mol. The van der Waals surface area contributed by atoms with Crippen LogP contribution in [0.5, 0.6) is 0 Å². The zero-order valence-corrected chi connectivity index (χ0v) is 3.90. The molecule has 1 nitrogen and oxygen atoms in total. The predicted octanol–water partition coefficient (Wildman–Crippen LogP) is 0.961. The highest BCUT2D eigenvalue weighted by Crippen LogP contribution is 2.14. The van der Waals surface area contributed by atoms with Crippen molar-refractivity contribution in [3.8, 4) is 0 Å². The molecule has 0 aromatic rings. The summed E-state index contributed by atoms with van der Waals surface area (Å²) >= 11 is 0. The lowest BCUT2D eigenvalue weighted by molar-refractivity contribution is 0.0300. The molecule has 0 aliphatic carbocycles. The third-order valence-corrected chi connectivity index (χ3v) is 1.09. The van der Waals surface area contributed by atoms with Gasteiger partial charge in [0.25, 0.3) is 0 Å². The van der Waals surface area contributed by atoms with Gasteiger partial charge >= 0.3 is 0 Å². The molecule has 1 saturated heterocycles. The van der Waals surface area contributed by atoms with Crippen molar-refractivity contribution in [2.45, 2.75) is 13.0 Å². The minimum absolute atomic E-state index is 0.338. The first kappa shape index (κ1) is 3.88. The molecule has 0 saturated carbocycles. The summed E-state index contributed by atoms with van der Waals surface area (Å²) in [6.45, 7) is 6.50. The Balaban J connectivity index is 2.39. The molecule has 1 aliphatic rings. The Hall–Kier alpha value is -0.300. The van der Waals surface area contributed by atoms with Gasteiger partial charge in [0.05, 0.1) is 12.7 Å². The van der Waals surface area contributed by atoms with Gasteiger partial charge in [-0.25, -0.2) is 0 Å². The number of ether oxygens (including phenoxy) is 1. The molecule has 6 heavy (non-hydrogen) atoms. The van der Waals surface area contributed by atoms with E-state index in [0.717, 1.165) is 6.61 Å². The van der Waals surface area contributed by atoms with Crippen molar-refractivity contribution in [2.75, 3.05) is 6.61 Å². The summed E-state index contributed by atoms with van der Waals surface area (Å²) in [5.41, 5.74) is 1.22. The topological polar surface area (TPSA) is 9.23 Å². The van der Waals surface area contributed by atoms with E-state index in [1.165, 1.54) is 5.57 Å². The number of hydrogen-bond donors (Lipinski definition) is 0. The molecule has 1 heterocycles. The van der Waals surface area contributed by atoms with Crippen LogP contribution >= 0.6 is 0 Å². The molecule has 0 radical (unpaired) electrons. The molecule has 0 aromatic heterocycles. The van der Waals surface area contributed by atoms with Gasteiger partial charge in [-0.15, -0.1) is 0 Å². The van der Waals surface area contributed by atoms with Gasteiger partial charge in [0.2, 0.25) is 0 Å². The maximum absolute atomic E-state index is 4.94. The fourth-order valence-electron chi connectivity index (χ4n) is 0.368. The second-order valence-corrected chi connectivity index (χ2v) is 1.61. The van der Waals surface area contributed by atoms with Crippen LogP contribution in [0.4, 0.5) is 0 Å². The molecule has 0 aromatic carbocycles. The average molecular weight is 84.1 g/mol. The molecule has 1 unspecified atom stereocenters. The van der Waals surface area contributed by atoms with E-state index < -0.39 is 0 Å². The van der Waals surface area contributed by atoms with E-state index in [2.05, 4.69) is 6.58 Å². The van der Waals surface area contributed by atoms with Crippen molar-refractivity contribution >= 4 is 0 Å². The first-order valence-corrected chi connectivity index (χ1v) is 2.10. The van der Waals surface area contributed by atoms with E-state index >= 15 is 0 Å². The van der Waals surface area contributed by atoms with E-state index in [-0.39, 0.29) is 0 Å². The lowest BCUT2D eigenvalue weighted by atomic mass is 10.1. The van der Waals surface area contributed by atoms with Crippen LogP contribution < -0.4 is 0 Å². The summed E-state index contributed by atoms with van der Waals surface area (Å²) in [5, 5.41) is 0. The molecule has 1 heteroatoms. The average Bonchev–Trinajstić information content (AvgIpc) is 1.61. The smallest absolute Gasteiger partial charge is 0.0780 e.